The third kappa shape index (κ3) is 4.45. The zero-order valence-electron chi connectivity index (χ0n) is 20.2. The highest BCUT2D eigenvalue weighted by molar-refractivity contribution is 6.09. The average molecular weight is 482 g/mol. The Labute approximate surface area is 209 Å². The van der Waals surface area contributed by atoms with E-state index in [0.717, 1.165) is 26.8 Å². The number of rotatable bonds is 7. The number of benzene rings is 3. The molecule has 1 aliphatic heterocycles. The molecule has 1 N–H and O–H groups in total. The molecule has 0 aliphatic carbocycles. The molecular formula is C28H27N5O3. The molecule has 1 aromatic heterocycles. The lowest BCUT2D eigenvalue weighted by Crippen LogP contribution is -2.43. The maximum absolute atomic E-state index is 13.3. The molecular weight excluding hydrogens is 454 g/mol. The largest absolute Gasteiger partial charge is 0.340 e. The Balaban J connectivity index is 1.24. The molecule has 182 valence electrons. The lowest BCUT2D eigenvalue weighted by molar-refractivity contribution is -0.138. The van der Waals surface area contributed by atoms with Gasteiger partial charge in [-0.25, -0.2) is 4.79 Å². The molecule has 8 nitrogen and oxygen atoms in total. The summed E-state index contributed by atoms with van der Waals surface area (Å²) in [5.74, 6) is -0.780. The number of imide groups is 1. The number of fused-ring (bicyclic) bond motifs is 1. The Hall–Kier alpha value is -4.46. The van der Waals surface area contributed by atoms with Gasteiger partial charge >= 0.3 is 6.03 Å². The zero-order chi connectivity index (χ0) is 25.3. The number of carbonyl (C=O) groups excluding carboxylic acids is 3. The molecule has 2 heterocycles. The second kappa shape index (κ2) is 9.30. The van der Waals surface area contributed by atoms with Crippen molar-refractivity contribution in [2.45, 2.75) is 25.6 Å². The molecule has 0 radical (unpaired) electrons. The number of aromatic nitrogens is 2. The van der Waals surface area contributed by atoms with Gasteiger partial charge in [-0.1, -0.05) is 66.7 Å². The molecule has 0 bridgehead atoms. The van der Waals surface area contributed by atoms with Gasteiger partial charge in [0.1, 0.15) is 12.1 Å². The van der Waals surface area contributed by atoms with E-state index in [1.807, 2.05) is 83.7 Å². The van der Waals surface area contributed by atoms with Crippen molar-refractivity contribution in [1.82, 2.24) is 24.9 Å². The molecule has 1 unspecified atom stereocenters. The number of amides is 4. The Morgan fingerprint density at radius 2 is 1.69 bits per heavy atom. The monoisotopic (exact) mass is 481 g/mol. The van der Waals surface area contributed by atoms with Gasteiger partial charge in [-0.3, -0.25) is 19.2 Å². The van der Waals surface area contributed by atoms with Gasteiger partial charge in [-0.15, -0.1) is 0 Å². The van der Waals surface area contributed by atoms with Gasteiger partial charge in [0.15, 0.2) is 0 Å². The lowest BCUT2D eigenvalue weighted by atomic mass is 9.90. The van der Waals surface area contributed by atoms with Crippen LogP contribution in [0.5, 0.6) is 0 Å². The number of hydrogen-bond donors (Lipinski definition) is 1. The van der Waals surface area contributed by atoms with E-state index in [2.05, 4.69) is 10.4 Å². The van der Waals surface area contributed by atoms with E-state index in [0.29, 0.717) is 18.7 Å². The smallest absolute Gasteiger partial charge is 0.325 e. The Morgan fingerprint density at radius 1 is 0.972 bits per heavy atom. The molecule has 36 heavy (non-hydrogen) atoms. The highest BCUT2D eigenvalue weighted by Gasteiger charge is 2.49. The van der Waals surface area contributed by atoms with Crippen LogP contribution >= 0.6 is 0 Å². The topological polar surface area (TPSA) is 87.5 Å². The molecule has 1 atom stereocenters. The van der Waals surface area contributed by atoms with Crippen LogP contribution in [0, 0.1) is 0 Å². The molecule has 0 saturated carbocycles. The Morgan fingerprint density at radius 3 is 2.47 bits per heavy atom. The van der Waals surface area contributed by atoms with Crippen molar-refractivity contribution in [3.8, 4) is 0 Å². The second-order valence-corrected chi connectivity index (χ2v) is 9.29. The van der Waals surface area contributed by atoms with Crippen LogP contribution in [-0.4, -0.2) is 51.0 Å². The SMILES string of the molecule is CN(Cc1cnn(Cc2ccccc2)c1)C(=O)CN1C(=O)NC(C)(c2ccc3ccccc3c2)C1=O. The summed E-state index contributed by atoms with van der Waals surface area (Å²) in [6, 6.07) is 22.9. The first-order valence-electron chi connectivity index (χ1n) is 11.8. The van der Waals surface area contributed by atoms with Crippen LogP contribution in [-0.2, 0) is 28.2 Å². The van der Waals surface area contributed by atoms with Crippen molar-refractivity contribution in [3.63, 3.8) is 0 Å². The molecule has 8 heteroatoms. The minimum atomic E-state index is -1.24. The summed E-state index contributed by atoms with van der Waals surface area (Å²) in [5.41, 5.74) is 1.43. The van der Waals surface area contributed by atoms with E-state index in [1.165, 1.54) is 4.90 Å². The zero-order valence-corrected chi connectivity index (χ0v) is 20.2. The van der Waals surface area contributed by atoms with Crippen molar-refractivity contribution in [1.29, 1.82) is 0 Å². The standard InChI is InChI=1S/C28H27N5O3/c1-28(24-13-12-22-10-6-7-11-23(22)14-24)26(35)33(27(36)30-28)19-25(34)31(2)16-21-15-29-32(18-21)17-20-8-4-3-5-9-20/h3-15,18H,16-17,19H2,1-2H3,(H,30,36). The predicted octanol–water partition coefficient (Wildman–Crippen LogP) is 3.51. The summed E-state index contributed by atoms with van der Waals surface area (Å²) in [6.07, 6.45) is 3.61. The van der Waals surface area contributed by atoms with Crippen LogP contribution in [0.2, 0.25) is 0 Å². The minimum Gasteiger partial charge on any atom is -0.340 e. The second-order valence-electron chi connectivity index (χ2n) is 9.29. The molecule has 3 aromatic carbocycles. The molecule has 1 saturated heterocycles. The first kappa shape index (κ1) is 23.3. The van der Waals surface area contributed by atoms with Crippen molar-refractivity contribution in [2.75, 3.05) is 13.6 Å². The number of urea groups is 1. The van der Waals surface area contributed by atoms with Crippen molar-refractivity contribution in [3.05, 3.63) is 102 Å². The number of nitrogens with one attached hydrogen (secondary N) is 1. The van der Waals surface area contributed by atoms with E-state index in [1.54, 1.807) is 20.2 Å². The minimum absolute atomic E-state index is 0.319. The van der Waals surface area contributed by atoms with Crippen LogP contribution in [0.3, 0.4) is 0 Å². The first-order chi connectivity index (χ1) is 17.3. The Kier molecular flexibility index (Phi) is 6.01. The lowest BCUT2D eigenvalue weighted by Gasteiger charge is -2.23. The fourth-order valence-electron chi connectivity index (χ4n) is 4.50. The number of carbonyl (C=O) groups is 3. The summed E-state index contributed by atoms with van der Waals surface area (Å²) in [5, 5.41) is 9.18. The third-order valence-electron chi connectivity index (χ3n) is 6.61. The van der Waals surface area contributed by atoms with Crippen LogP contribution in [0.1, 0.15) is 23.6 Å². The van der Waals surface area contributed by atoms with Gasteiger partial charge in [0, 0.05) is 25.4 Å². The van der Waals surface area contributed by atoms with Gasteiger partial charge in [0.25, 0.3) is 5.91 Å². The van der Waals surface area contributed by atoms with E-state index in [4.69, 9.17) is 0 Å². The van der Waals surface area contributed by atoms with Gasteiger partial charge in [0.2, 0.25) is 5.91 Å². The van der Waals surface area contributed by atoms with Crippen LogP contribution in [0.25, 0.3) is 10.8 Å². The molecule has 4 aromatic rings. The highest BCUT2D eigenvalue weighted by atomic mass is 16.2. The van der Waals surface area contributed by atoms with Crippen LogP contribution in [0.4, 0.5) is 4.79 Å². The third-order valence-corrected chi connectivity index (χ3v) is 6.61. The van der Waals surface area contributed by atoms with Crippen LogP contribution < -0.4 is 5.32 Å². The van der Waals surface area contributed by atoms with Gasteiger partial charge in [0.05, 0.1) is 12.7 Å². The van der Waals surface area contributed by atoms with E-state index in [9.17, 15) is 14.4 Å². The average Bonchev–Trinajstić information content (AvgIpc) is 3.41. The van der Waals surface area contributed by atoms with Crippen molar-refractivity contribution < 1.29 is 14.4 Å². The predicted molar refractivity (Wildman–Crippen MR) is 136 cm³/mol. The number of likely N-dealkylation sites (N-methyl/N-ethyl adjacent to an activating group) is 1. The van der Waals surface area contributed by atoms with Gasteiger partial charge < -0.3 is 10.2 Å². The van der Waals surface area contributed by atoms with Gasteiger partial charge in [-0.2, -0.15) is 5.10 Å². The fraction of sp³-hybridized carbons (Fsp3) is 0.214. The summed E-state index contributed by atoms with van der Waals surface area (Å²) in [7, 11) is 1.65. The number of nitrogens with zero attached hydrogens (tertiary/aromatic N) is 4. The summed E-state index contributed by atoms with van der Waals surface area (Å²) < 4.78 is 1.81. The number of hydrogen-bond acceptors (Lipinski definition) is 4. The maximum Gasteiger partial charge on any atom is 0.325 e. The fourth-order valence-corrected chi connectivity index (χ4v) is 4.50. The molecule has 1 fully saturated rings. The molecule has 1 aliphatic rings. The molecule has 4 amide bonds. The van der Waals surface area contributed by atoms with E-state index in [-0.39, 0.29) is 12.5 Å². The van der Waals surface area contributed by atoms with Crippen LogP contribution in [0.15, 0.2) is 85.2 Å². The maximum atomic E-state index is 13.3. The Bertz CT molecular complexity index is 1450. The normalized spacial score (nSPS) is 17.4. The van der Waals surface area contributed by atoms with Gasteiger partial charge in [-0.05, 0) is 34.9 Å². The first-order valence-corrected chi connectivity index (χ1v) is 11.8. The van der Waals surface area contributed by atoms with E-state index < -0.39 is 17.5 Å². The highest BCUT2D eigenvalue weighted by Crippen LogP contribution is 2.31. The quantitative estimate of drug-likeness (QED) is 0.409. The van der Waals surface area contributed by atoms with E-state index >= 15 is 0 Å². The summed E-state index contributed by atoms with van der Waals surface area (Å²) in [4.78, 5) is 41.5. The van der Waals surface area contributed by atoms with Crippen molar-refractivity contribution >= 4 is 28.6 Å². The summed E-state index contributed by atoms with van der Waals surface area (Å²) in [6.45, 7) is 2.29. The molecule has 0 spiro atoms. The van der Waals surface area contributed by atoms with Crippen molar-refractivity contribution in [2.24, 2.45) is 0 Å². The molecule has 5 rings (SSSR count). The summed E-state index contributed by atoms with van der Waals surface area (Å²) >= 11 is 0.